The Labute approximate surface area is 123 Å². The second-order valence-corrected chi connectivity index (χ2v) is 7.64. The minimum atomic E-state index is -2.94. The number of likely N-dealkylation sites (N-methyl/N-ethyl adjacent to an activating group) is 1. The highest BCUT2D eigenvalue weighted by Gasteiger charge is 2.31. The predicted molar refractivity (Wildman–Crippen MR) is 79.8 cm³/mol. The molecule has 1 aliphatic rings. The maximum atomic E-state index is 11.9. The fraction of sp³-hybridized carbons (Fsp3) is 0.462. The molecule has 1 aliphatic heterocycles. The van der Waals surface area contributed by atoms with Gasteiger partial charge in [-0.2, -0.15) is 0 Å². The SMILES string of the molecule is CN(CC(=O)Nc1ccccc1Cl)[C@@H]1CCS(=O)(=O)C1. The number of hydrogen-bond acceptors (Lipinski definition) is 4. The molecule has 1 N–H and O–H groups in total. The highest BCUT2D eigenvalue weighted by atomic mass is 35.5. The predicted octanol–water partition coefficient (Wildman–Crippen LogP) is 1.40. The Balaban J connectivity index is 1.90. The monoisotopic (exact) mass is 316 g/mol. The highest BCUT2D eigenvalue weighted by molar-refractivity contribution is 7.91. The molecule has 0 spiro atoms. The van der Waals surface area contributed by atoms with Crippen molar-refractivity contribution in [3.8, 4) is 0 Å². The van der Waals surface area contributed by atoms with Gasteiger partial charge < -0.3 is 5.32 Å². The van der Waals surface area contributed by atoms with Crippen molar-refractivity contribution in [1.82, 2.24) is 4.90 Å². The number of rotatable bonds is 4. The standard InChI is InChI=1S/C13H17ClN2O3S/c1-16(10-6-7-20(18,19)9-10)8-13(17)15-12-5-3-2-4-11(12)14/h2-5,10H,6-9H2,1H3,(H,15,17)/t10-/m1/s1. The van der Waals surface area contributed by atoms with E-state index in [4.69, 9.17) is 11.6 Å². The molecule has 0 aromatic heterocycles. The summed E-state index contributed by atoms with van der Waals surface area (Å²) in [6.45, 7) is 0.144. The average Bonchev–Trinajstić information content (AvgIpc) is 2.73. The van der Waals surface area contributed by atoms with Gasteiger partial charge in [0.1, 0.15) is 0 Å². The van der Waals surface area contributed by atoms with Crippen LogP contribution in [0.5, 0.6) is 0 Å². The number of nitrogens with zero attached hydrogens (tertiary/aromatic N) is 1. The number of sulfone groups is 1. The summed E-state index contributed by atoms with van der Waals surface area (Å²) in [7, 11) is -1.17. The molecule has 2 rings (SSSR count). The van der Waals surface area contributed by atoms with Gasteiger partial charge >= 0.3 is 0 Å². The summed E-state index contributed by atoms with van der Waals surface area (Å²) in [6.07, 6.45) is 0.582. The zero-order valence-electron chi connectivity index (χ0n) is 11.2. The lowest BCUT2D eigenvalue weighted by Gasteiger charge is -2.22. The topological polar surface area (TPSA) is 66.5 Å². The number of hydrogen-bond donors (Lipinski definition) is 1. The van der Waals surface area contributed by atoms with E-state index in [1.807, 2.05) is 0 Å². The smallest absolute Gasteiger partial charge is 0.238 e. The molecule has 0 unspecified atom stereocenters. The van der Waals surface area contributed by atoms with E-state index < -0.39 is 9.84 Å². The third-order valence-electron chi connectivity index (χ3n) is 3.37. The molecule has 1 saturated heterocycles. The van der Waals surface area contributed by atoms with Crippen LogP contribution in [0, 0.1) is 0 Å². The van der Waals surface area contributed by atoms with Crippen LogP contribution >= 0.6 is 11.6 Å². The third kappa shape index (κ3) is 3.94. The summed E-state index contributed by atoms with van der Waals surface area (Å²) >= 11 is 5.96. The molecule has 5 nitrogen and oxygen atoms in total. The maximum absolute atomic E-state index is 11.9. The lowest BCUT2D eigenvalue weighted by Crippen LogP contribution is -2.38. The molecule has 1 atom stereocenters. The Morgan fingerprint density at radius 1 is 1.45 bits per heavy atom. The zero-order chi connectivity index (χ0) is 14.8. The number of para-hydroxylation sites is 1. The Morgan fingerprint density at radius 3 is 2.75 bits per heavy atom. The normalized spacial score (nSPS) is 21.1. The lowest BCUT2D eigenvalue weighted by atomic mass is 10.2. The van der Waals surface area contributed by atoms with E-state index >= 15 is 0 Å². The van der Waals surface area contributed by atoms with Gasteiger partial charge in [-0.1, -0.05) is 23.7 Å². The second-order valence-electron chi connectivity index (χ2n) is 5.00. The first-order valence-electron chi connectivity index (χ1n) is 6.32. The van der Waals surface area contributed by atoms with Gasteiger partial charge in [0.2, 0.25) is 5.91 Å². The van der Waals surface area contributed by atoms with Gasteiger partial charge in [0.15, 0.2) is 9.84 Å². The van der Waals surface area contributed by atoms with Gasteiger partial charge in [0.05, 0.1) is 28.8 Å². The number of nitrogens with one attached hydrogen (secondary N) is 1. The summed E-state index contributed by atoms with van der Waals surface area (Å²) in [6, 6.07) is 6.91. The van der Waals surface area contributed by atoms with Crippen LogP contribution in [0.3, 0.4) is 0 Å². The van der Waals surface area contributed by atoms with Crippen LogP contribution in [-0.2, 0) is 14.6 Å². The lowest BCUT2D eigenvalue weighted by molar-refractivity contribution is -0.117. The van der Waals surface area contributed by atoms with Crippen molar-refractivity contribution in [1.29, 1.82) is 0 Å². The van der Waals surface area contributed by atoms with Gasteiger partial charge in [0.25, 0.3) is 0 Å². The maximum Gasteiger partial charge on any atom is 0.238 e. The van der Waals surface area contributed by atoms with Crippen molar-refractivity contribution in [2.45, 2.75) is 12.5 Å². The molecule has 0 radical (unpaired) electrons. The van der Waals surface area contributed by atoms with Crippen molar-refractivity contribution >= 4 is 33.0 Å². The summed E-state index contributed by atoms with van der Waals surface area (Å²) in [5, 5.41) is 3.20. The number of benzene rings is 1. The van der Waals surface area contributed by atoms with Gasteiger partial charge in [-0.05, 0) is 25.6 Å². The van der Waals surface area contributed by atoms with Crippen molar-refractivity contribution in [2.24, 2.45) is 0 Å². The van der Waals surface area contributed by atoms with E-state index in [1.165, 1.54) is 0 Å². The van der Waals surface area contributed by atoms with Crippen molar-refractivity contribution in [2.75, 3.05) is 30.4 Å². The van der Waals surface area contributed by atoms with E-state index in [1.54, 1.807) is 36.2 Å². The highest BCUT2D eigenvalue weighted by Crippen LogP contribution is 2.21. The van der Waals surface area contributed by atoms with Gasteiger partial charge in [-0.25, -0.2) is 8.42 Å². The van der Waals surface area contributed by atoms with Crippen molar-refractivity contribution < 1.29 is 13.2 Å². The van der Waals surface area contributed by atoms with E-state index in [9.17, 15) is 13.2 Å². The largest absolute Gasteiger partial charge is 0.324 e. The molecule has 0 aliphatic carbocycles. The minimum Gasteiger partial charge on any atom is -0.324 e. The molecule has 1 aromatic rings. The van der Waals surface area contributed by atoms with Gasteiger partial charge in [-0.3, -0.25) is 9.69 Å². The first kappa shape index (κ1) is 15.3. The first-order valence-corrected chi connectivity index (χ1v) is 8.52. The molecule has 1 amide bonds. The van der Waals surface area contributed by atoms with Gasteiger partial charge in [0, 0.05) is 6.04 Å². The molecular weight excluding hydrogens is 300 g/mol. The fourth-order valence-electron chi connectivity index (χ4n) is 2.23. The molecule has 1 aromatic carbocycles. The number of anilines is 1. The number of carbonyl (C=O) groups excluding carboxylic acids is 1. The van der Waals surface area contributed by atoms with Crippen molar-refractivity contribution in [3.63, 3.8) is 0 Å². The van der Waals surface area contributed by atoms with Crippen LogP contribution in [0.4, 0.5) is 5.69 Å². The van der Waals surface area contributed by atoms with E-state index in [0.29, 0.717) is 17.1 Å². The average molecular weight is 317 g/mol. The van der Waals surface area contributed by atoms with Crippen LogP contribution in [0.1, 0.15) is 6.42 Å². The van der Waals surface area contributed by atoms with E-state index in [0.717, 1.165) is 0 Å². The molecule has 0 bridgehead atoms. The van der Waals surface area contributed by atoms with Crippen LogP contribution in [0.25, 0.3) is 0 Å². The quantitative estimate of drug-likeness (QED) is 0.912. The van der Waals surface area contributed by atoms with Crippen molar-refractivity contribution in [3.05, 3.63) is 29.3 Å². The summed E-state index contributed by atoms with van der Waals surface area (Å²) in [5.74, 6) is 0.127. The number of halogens is 1. The van der Waals surface area contributed by atoms with Crippen LogP contribution in [0.15, 0.2) is 24.3 Å². The van der Waals surface area contributed by atoms with E-state index in [2.05, 4.69) is 5.32 Å². The molecule has 1 heterocycles. The molecule has 20 heavy (non-hydrogen) atoms. The molecule has 0 saturated carbocycles. The second kappa shape index (κ2) is 6.11. The Kier molecular flexibility index (Phi) is 4.67. The first-order chi connectivity index (χ1) is 9.37. The molecular formula is C13H17ClN2O3S. The Hall–Kier alpha value is -1.11. The Bertz CT molecular complexity index is 603. The van der Waals surface area contributed by atoms with Gasteiger partial charge in [-0.15, -0.1) is 0 Å². The fourth-order valence-corrected chi connectivity index (χ4v) is 4.22. The van der Waals surface area contributed by atoms with Crippen LogP contribution in [0.2, 0.25) is 5.02 Å². The third-order valence-corrected chi connectivity index (χ3v) is 5.45. The number of carbonyl (C=O) groups is 1. The van der Waals surface area contributed by atoms with Crippen LogP contribution in [-0.4, -0.2) is 50.4 Å². The molecule has 1 fully saturated rings. The van der Waals surface area contributed by atoms with Crippen LogP contribution < -0.4 is 5.32 Å². The molecule has 110 valence electrons. The summed E-state index contributed by atoms with van der Waals surface area (Å²) in [5.41, 5.74) is 0.562. The number of amides is 1. The summed E-state index contributed by atoms with van der Waals surface area (Å²) in [4.78, 5) is 13.7. The zero-order valence-corrected chi connectivity index (χ0v) is 12.7. The van der Waals surface area contributed by atoms with E-state index in [-0.39, 0.29) is 30.0 Å². The Morgan fingerprint density at radius 2 is 2.15 bits per heavy atom. The summed E-state index contributed by atoms with van der Waals surface area (Å²) < 4.78 is 22.8. The minimum absolute atomic E-state index is 0.0861. The molecule has 7 heteroatoms.